The Bertz CT molecular complexity index is 598. The van der Waals surface area contributed by atoms with Gasteiger partial charge in [0.1, 0.15) is 0 Å². The molecule has 2 aliphatic heterocycles. The lowest BCUT2D eigenvalue weighted by Gasteiger charge is -2.39. The Morgan fingerprint density at radius 2 is 1.72 bits per heavy atom. The van der Waals surface area contributed by atoms with Crippen molar-refractivity contribution in [3.05, 3.63) is 0 Å². The molecule has 2 aliphatic rings. The molecule has 8 heteroatoms. The van der Waals surface area contributed by atoms with Crippen molar-refractivity contribution < 1.29 is 23.1 Å². The molecule has 0 aromatic rings. The van der Waals surface area contributed by atoms with Crippen molar-refractivity contribution in [2.75, 3.05) is 38.5 Å². The summed E-state index contributed by atoms with van der Waals surface area (Å²) in [4.78, 5) is 27.5. The minimum absolute atomic E-state index is 0.0116. The van der Waals surface area contributed by atoms with Gasteiger partial charge in [0.2, 0.25) is 11.8 Å². The molecule has 0 spiro atoms. The molecule has 0 bridgehead atoms. The average Bonchev–Trinajstić information content (AvgIpc) is 2.99. The molecule has 0 aliphatic carbocycles. The predicted molar refractivity (Wildman–Crippen MR) is 94.5 cm³/mol. The van der Waals surface area contributed by atoms with Gasteiger partial charge in [0, 0.05) is 50.5 Å². The standard InChI is InChI=1S/C17H30N2O5S/c1-12(2)16(21)19-9-15(10-19)25(23,24)7-5-13(3)17(22)18-6-4-14(8-18)11-20/h12-15,20H,4-11H2,1-3H3. The van der Waals surface area contributed by atoms with Crippen molar-refractivity contribution in [3.8, 4) is 0 Å². The van der Waals surface area contributed by atoms with Crippen molar-refractivity contribution in [2.45, 2.75) is 38.9 Å². The summed E-state index contributed by atoms with van der Waals surface area (Å²) in [5.74, 6) is -0.394. The van der Waals surface area contributed by atoms with Gasteiger partial charge in [-0.3, -0.25) is 9.59 Å². The molecule has 0 saturated carbocycles. The highest BCUT2D eigenvalue weighted by Crippen LogP contribution is 2.23. The minimum atomic E-state index is -3.29. The molecule has 144 valence electrons. The van der Waals surface area contributed by atoms with E-state index in [2.05, 4.69) is 0 Å². The van der Waals surface area contributed by atoms with Gasteiger partial charge in [-0.25, -0.2) is 8.42 Å². The van der Waals surface area contributed by atoms with Crippen LogP contribution in [-0.2, 0) is 19.4 Å². The van der Waals surface area contributed by atoms with E-state index < -0.39 is 15.1 Å². The summed E-state index contributed by atoms with van der Waals surface area (Å²) in [5, 5.41) is 8.66. The zero-order valence-electron chi connectivity index (χ0n) is 15.3. The van der Waals surface area contributed by atoms with Crippen molar-refractivity contribution in [1.82, 2.24) is 9.80 Å². The second kappa shape index (κ2) is 8.03. The summed E-state index contributed by atoms with van der Waals surface area (Å²) >= 11 is 0. The van der Waals surface area contributed by atoms with Crippen LogP contribution in [-0.4, -0.2) is 78.9 Å². The Morgan fingerprint density at radius 1 is 1.08 bits per heavy atom. The van der Waals surface area contributed by atoms with E-state index in [0.29, 0.717) is 19.5 Å². The van der Waals surface area contributed by atoms with Crippen LogP contribution in [0.5, 0.6) is 0 Å². The van der Waals surface area contributed by atoms with E-state index >= 15 is 0 Å². The van der Waals surface area contributed by atoms with E-state index in [-0.39, 0.29) is 55.0 Å². The molecule has 2 rings (SSSR count). The number of amides is 2. The van der Waals surface area contributed by atoms with Crippen LogP contribution in [0.25, 0.3) is 0 Å². The molecule has 0 aromatic carbocycles. The van der Waals surface area contributed by atoms with Crippen LogP contribution in [0, 0.1) is 17.8 Å². The fourth-order valence-corrected chi connectivity index (χ4v) is 5.16. The van der Waals surface area contributed by atoms with Crippen molar-refractivity contribution >= 4 is 21.7 Å². The smallest absolute Gasteiger partial charge is 0.225 e. The Kier molecular flexibility index (Phi) is 6.48. The monoisotopic (exact) mass is 374 g/mol. The van der Waals surface area contributed by atoms with E-state index in [1.54, 1.807) is 30.6 Å². The summed E-state index contributed by atoms with van der Waals surface area (Å²) in [6.45, 7) is 7.18. The van der Waals surface area contributed by atoms with Crippen LogP contribution in [0.4, 0.5) is 0 Å². The molecule has 2 saturated heterocycles. The lowest BCUT2D eigenvalue weighted by Crippen LogP contribution is -2.58. The highest BCUT2D eigenvalue weighted by molar-refractivity contribution is 7.92. The van der Waals surface area contributed by atoms with Gasteiger partial charge in [-0.2, -0.15) is 0 Å². The second-order valence-electron chi connectivity index (χ2n) is 7.70. The van der Waals surface area contributed by atoms with Gasteiger partial charge in [0.25, 0.3) is 0 Å². The van der Waals surface area contributed by atoms with E-state index in [0.717, 1.165) is 6.42 Å². The fourth-order valence-electron chi connectivity index (χ4n) is 3.34. The van der Waals surface area contributed by atoms with Gasteiger partial charge in [0.15, 0.2) is 9.84 Å². The quantitative estimate of drug-likeness (QED) is 0.684. The average molecular weight is 375 g/mol. The molecule has 1 N–H and O–H groups in total. The topological polar surface area (TPSA) is 95.0 Å². The Labute approximate surface area is 150 Å². The maximum absolute atomic E-state index is 12.4. The van der Waals surface area contributed by atoms with Crippen molar-refractivity contribution in [2.24, 2.45) is 17.8 Å². The van der Waals surface area contributed by atoms with Gasteiger partial charge in [-0.1, -0.05) is 20.8 Å². The normalized spacial score (nSPS) is 23.0. The van der Waals surface area contributed by atoms with Crippen LogP contribution >= 0.6 is 0 Å². The second-order valence-corrected chi connectivity index (χ2v) is 10.1. The van der Waals surface area contributed by atoms with Gasteiger partial charge < -0.3 is 14.9 Å². The number of carbonyl (C=O) groups is 2. The number of hydrogen-bond donors (Lipinski definition) is 1. The first kappa shape index (κ1) is 20.2. The van der Waals surface area contributed by atoms with Crippen LogP contribution in [0.1, 0.15) is 33.6 Å². The minimum Gasteiger partial charge on any atom is -0.396 e. The Balaban J connectivity index is 1.78. The first-order chi connectivity index (χ1) is 11.7. The maximum Gasteiger partial charge on any atom is 0.225 e. The lowest BCUT2D eigenvalue weighted by atomic mass is 10.1. The van der Waals surface area contributed by atoms with Crippen LogP contribution in [0.2, 0.25) is 0 Å². The third-order valence-electron chi connectivity index (χ3n) is 5.27. The van der Waals surface area contributed by atoms with Crippen molar-refractivity contribution in [3.63, 3.8) is 0 Å². The summed E-state index contributed by atoms with van der Waals surface area (Å²) in [6, 6.07) is 0. The summed E-state index contributed by atoms with van der Waals surface area (Å²) in [6.07, 6.45) is 1.10. The number of aliphatic hydroxyl groups excluding tert-OH is 1. The number of likely N-dealkylation sites (tertiary alicyclic amines) is 2. The highest BCUT2D eigenvalue weighted by Gasteiger charge is 2.40. The predicted octanol–water partition coefficient (Wildman–Crippen LogP) is 0.135. The first-order valence-corrected chi connectivity index (χ1v) is 10.8. The van der Waals surface area contributed by atoms with Gasteiger partial charge in [0.05, 0.1) is 11.0 Å². The van der Waals surface area contributed by atoms with E-state index in [1.165, 1.54) is 0 Å². The molecule has 0 radical (unpaired) electrons. The highest BCUT2D eigenvalue weighted by atomic mass is 32.2. The molecular formula is C17H30N2O5S. The zero-order valence-corrected chi connectivity index (χ0v) is 16.2. The van der Waals surface area contributed by atoms with Crippen LogP contribution in [0.15, 0.2) is 0 Å². The summed E-state index contributed by atoms with van der Waals surface area (Å²) < 4.78 is 24.8. The van der Waals surface area contributed by atoms with Crippen LogP contribution < -0.4 is 0 Å². The third kappa shape index (κ3) is 4.73. The van der Waals surface area contributed by atoms with Gasteiger partial charge in [-0.05, 0) is 12.8 Å². The third-order valence-corrected chi connectivity index (χ3v) is 7.39. The molecule has 25 heavy (non-hydrogen) atoms. The van der Waals surface area contributed by atoms with Gasteiger partial charge >= 0.3 is 0 Å². The number of hydrogen-bond acceptors (Lipinski definition) is 5. The number of aliphatic hydroxyl groups is 1. The van der Waals surface area contributed by atoms with Gasteiger partial charge in [-0.15, -0.1) is 0 Å². The summed E-state index contributed by atoms with van der Waals surface area (Å²) in [5.41, 5.74) is 0. The van der Waals surface area contributed by atoms with E-state index in [1.807, 2.05) is 0 Å². The van der Waals surface area contributed by atoms with Crippen molar-refractivity contribution in [1.29, 1.82) is 0 Å². The molecule has 2 fully saturated rings. The first-order valence-electron chi connectivity index (χ1n) is 9.05. The molecule has 2 amide bonds. The largest absolute Gasteiger partial charge is 0.396 e. The lowest BCUT2D eigenvalue weighted by molar-refractivity contribution is -0.137. The molecule has 2 heterocycles. The summed E-state index contributed by atoms with van der Waals surface area (Å²) in [7, 11) is -3.29. The number of nitrogens with zero attached hydrogens (tertiary/aromatic N) is 2. The molecule has 7 nitrogen and oxygen atoms in total. The Hall–Kier alpha value is -1.15. The molecule has 2 atom stereocenters. The zero-order chi connectivity index (χ0) is 18.8. The molecule has 2 unspecified atom stereocenters. The number of carbonyl (C=O) groups excluding carboxylic acids is 2. The van der Waals surface area contributed by atoms with Crippen LogP contribution in [0.3, 0.4) is 0 Å². The van der Waals surface area contributed by atoms with E-state index in [4.69, 9.17) is 5.11 Å². The fraction of sp³-hybridized carbons (Fsp3) is 0.882. The van der Waals surface area contributed by atoms with E-state index in [9.17, 15) is 18.0 Å². The molecule has 0 aromatic heterocycles. The maximum atomic E-state index is 12.4. The number of sulfone groups is 1. The SMILES string of the molecule is CC(C)C(=O)N1CC(S(=O)(=O)CCC(C)C(=O)N2CCC(CO)C2)C1. The Morgan fingerprint density at radius 3 is 2.24 bits per heavy atom. The molecular weight excluding hydrogens is 344 g/mol. The number of rotatable bonds is 7.